The van der Waals surface area contributed by atoms with Gasteiger partial charge < -0.3 is 15.5 Å². The Kier molecular flexibility index (Phi) is 5.92. The molecule has 2 rings (SSSR count). The lowest BCUT2D eigenvalue weighted by atomic mass is 10.2. The van der Waals surface area contributed by atoms with E-state index in [0.717, 1.165) is 18.7 Å². The summed E-state index contributed by atoms with van der Waals surface area (Å²) in [7, 11) is 0. The maximum atomic E-state index is 9.93. The lowest BCUT2D eigenvalue weighted by molar-refractivity contribution is 0.181. The molecule has 1 aliphatic rings. The molecule has 1 aromatic carbocycles. The van der Waals surface area contributed by atoms with Gasteiger partial charge in [-0.1, -0.05) is 42.5 Å². The first-order valence-corrected chi connectivity index (χ1v) is 7.72. The molecular formula is C15H21NO2S. The van der Waals surface area contributed by atoms with Gasteiger partial charge in [0.05, 0.1) is 12.1 Å². The summed E-state index contributed by atoms with van der Waals surface area (Å²) in [5.41, 5.74) is 1.30. The fourth-order valence-electron chi connectivity index (χ4n) is 2.17. The van der Waals surface area contributed by atoms with Crippen LogP contribution < -0.4 is 5.32 Å². The summed E-state index contributed by atoms with van der Waals surface area (Å²) in [6.45, 7) is 0.924. The van der Waals surface area contributed by atoms with E-state index in [2.05, 4.69) is 23.5 Å². The van der Waals surface area contributed by atoms with Crippen LogP contribution in [-0.2, 0) is 5.75 Å². The molecule has 0 aliphatic heterocycles. The van der Waals surface area contributed by atoms with Crippen LogP contribution in [-0.4, -0.2) is 40.8 Å². The summed E-state index contributed by atoms with van der Waals surface area (Å²) in [4.78, 5) is 0. The average Bonchev–Trinajstić information content (AvgIpc) is 2.79. The van der Waals surface area contributed by atoms with Crippen molar-refractivity contribution in [3.8, 4) is 0 Å². The van der Waals surface area contributed by atoms with Gasteiger partial charge in [0.1, 0.15) is 0 Å². The minimum Gasteiger partial charge on any atom is -0.396 e. The van der Waals surface area contributed by atoms with Crippen LogP contribution in [0.25, 0.3) is 0 Å². The maximum absolute atomic E-state index is 9.93. The van der Waals surface area contributed by atoms with Gasteiger partial charge >= 0.3 is 0 Å². The first-order valence-electron chi connectivity index (χ1n) is 6.67. The van der Waals surface area contributed by atoms with Crippen molar-refractivity contribution in [1.82, 2.24) is 5.32 Å². The Bertz CT molecular complexity index is 396. The third-order valence-corrected chi connectivity index (χ3v) is 4.56. The van der Waals surface area contributed by atoms with E-state index < -0.39 is 6.10 Å². The van der Waals surface area contributed by atoms with Crippen molar-refractivity contribution in [2.75, 3.05) is 13.2 Å². The van der Waals surface area contributed by atoms with Crippen LogP contribution in [0.4, 0.5) is 0 Å². The topological polar surface area (TPSA) is 52.5 Å². The maximum Gasteiger partial charge on any atom is 0.0888 e. The lowest BCUT2D eigenvalue weighted by Gasteiger charge is -2.23. The Morgan fingerprint density at radius 1 is 1.16 bits per heavy atom. The molecule has 0 spiro atoms. The third-order valence-electron chi connectivity index (χ3n) is 3.22. The Labute approximate surface area is 118 Å². The number of aliphatic hydroxyl groups excluding tert-OH is 2. The van der Waals surface area contributed by atoms with E-state index in [1.54, 1.807) is 0 Å². The van der Waals surface area contributed by atoms with Crippen molar-refractivity contribution in [3.05, 3.63) is 48.0 Å². The third kappa shape index (κ3) is 4.35. The average molecular weight is 279 g/mol. The zero-order valence-corrected chi connectivity index (χ0v) is 11.7. The summed E-state index contributed by atoms with van der Waals surface area (Å²) in [6.07, 6.45) is 4.24. The molecule has 0 saturated heterocycles. The van der Waals surface area contributed by atoms with Gasteiger partial charge in [-0.25, -0.2) is 0 Å². The van der Waals surface area contributed by atoms with Gasteiger partial charge in [0.15, 0.2) is 0 Å². The normalized spacial score (nSPS) is 25.9. The van der Waals surface area contributed by atoms with Crippen LogP contribution in [0.2, 0.25) is 0 Å². The Hall–Kier alpha value is -0.810. The smallest absolute Gasteiger partial charge is 0.0888 e. The summed E-state index contributed by atoms with van der Waals surface area (Å²) in [5, 5.41) is 22.3. The summed E-state index contributed by atoms with van der Waals surface area (Å²) in [6, 6.07) is 10.4. The molecule has 0 fully saturated rings. The second-order valence-electron chi connectivity index (χ2n) is 4.69. The van der Waals surface area contributed by atoms with Gasteiger partial charge in [-0.15, -0.1) is 11.8 Å². The highest BCUT2D eigenvalue weighted by molar-refractivity contribution is 7.99. The van der Waals surface area contributed by atoms with E-state index >= 15 is 0 Å². The SMILES string of the molecule is OCCCN[C@@H]1[C@@H](O)C=C[C@H]1SCc1ccccc1. The van der Waals surface area contributed by atoms with Gasteiger partial charge in [-0.3, -0.25) is 0 Å². The van der Waals surface area contributed by atoms with Crippen molar-refractivity contribution in [1.29, 1.82) is 0 Å². The summed E-state index contributed by atoms with van der Waals surface area (Å²) >= 11 is 1.84. The molecule has 3 nitrogen and oxygen atoms in total. The molecule has 0 heterocycles. The number of rotatable bonds is 7. The van der Waals surface area contributed by atoms with Gasteiger partial charge in [0.2, 0.25) is 0 Å². The lowest BCUT2D eigenvalue weighted by Crippen LogP contribution is -2.43. The molecule has 104 valence electrons. The van der Waals surface area contributed by atoms with Crippen molar-refractivity contribution in [3.63, 3.8) is 0 Å². The van der Waals surface area contributed by atoms with Gasteiger partial charge in [0.25, 0.3) is 0 Å². The minimum atomic E-state index is -0.424. The Morgan fingerprint density at radius 2 is 1.95 bits per heavy atom. The summed E-state index contributed by atoms with van der Waals surface area (Å²) in [5.74, 6) is 0.945. The van der Waals surface area contributed by atoms with Crippen LogP contribution in [0.3, 0.4) is 0 Å². The van der Waals surface area contributed by atoms with Crippen molar-refractivity contribution in [2.24, 2.45) is 0 Å². The molecule has 3 N–H and O–H groups in total. The predicted octanol–water partition coefficient (Wildman–Crippen LogP) is 1.56. The fourth-order valence-corrected chi connectivity index (χ4v) is 3.41. The van der Waals surface area contributed by atoms with Crippen LogP contribution in [0, 0.1) is 0 Å². The highest BCUT2D eigenvalue weighted by atomic mass is 32.2. The molecule has 0 aromatic heterocycles. The molecule has 0 unspecified atom stereocenters. The zero-order chi connectivity index (χ0) is 13.5. The Morgan fingerprint density at radius 3 is 2.68 bits per heavy atom. The van der Waals surface area contributed by atoms with Gasteiger partial charge in [-0.2, -0.15) is 0 Å². The second-order valence-corrected chi connectivity index (χ2v) is 5.86. The fraction of sp³-hybridized carbons (Fsp3) is 0.467. The molecule has 0 amide bonds. The quantitative estimate of drug-likeness (QED) is 0.524. The molecule has 4 heteroatoms. The van der Waals surface area contributed by atoms with E-state index in [4.69, 9.17) is 5.11 Å². The standard InChI is InChI=1S/C15H21NO2S/c17-10-4-9-16-15-13(18)7-8-14(15)19-11-12-5-2-1-3-6-12/h1-3,5-8,13-18H,4,9-11H2/t13-,14+,15+/m0/s1. The van der Waals surface area contributed by atoms with Crippen LogP contribution in [0.1, 0.15) is 12.0 Å². The first kappa shape index (κ1) is 14.6. The molecule has 19 heavy (non-hydrogen) atoms. The molecule has 3 atom stereocenters. The summed E-state index contributed by atoms with van der Waals surface area (Å²) < 4.78 is 0. The van der Waals surface area contributed by atoms with Crippen LogP contribution in [0.15, 0.2) is 42.5 Å². The van der Waals surface area contributed by atoms with Gasteiger partial charge in [-0.05, 0) is 18.5 Å². The van der Waals surface area contributed by atoms with E-state index in [0.29, 0.717) is 0 Å². The number of aliphatic hydroxyl groups is 2. The largest absolute Gasteiger partial charge is 0.396 e. The minimum absolute atomic E-state index is 0.0558. The molecule has 0 saturated carbocycles. The highest BCUT2D eigenvalue weighted by Crippen LogP contribution is 2.27. The Balaban J connectivity index is 1.82. The van der Waals surface area contributed by atoms with Crippen LogP contribution in [0.5, 0.6) is 0 Å². The predicted molar refractivity (Wildman–Crippen MR) is 80.2 cm³/mol. The molecule has 1 aromatic rings. The van der Waals surface area contributed by atoms with E-state index in [1.165, 1.54) is 5.56 Å². The highest BCUT2D eigenvalue weighted by Gasteiger charge is 2.29. The van der Waals surface area contributed by atoms with Crippen molar-refractivity contribution >= 4 is 11.8 Å². The van der Waals surface area contributed by atoms with E-state index in [9.17, 15) is 5.11 Å². The molecule has 1 aliphatic carbocycles. The molecular weight excluding hydrogens is 258 g/mol. The zero-order valence-electron chi connectivity index (χ0n) is 10.9. The monoisotopic (exact) mass is 279 g/mol. The number of nitrogens with one attached hydrogen (secondary N) is 1. The number of hydrogen-bond donors (Lipinski definition) is 3. The number of thioether (sulfide) groups is 1. The van der Waals surface area contributed by atoms with E-state index in [1.807, 2.05) is 36.0 Å². The number of hydrogen-bond acceptors (Lipinski definition) is 4. The molecule has 0 bridgehead atoms. The van der Waals surface area contributed by atoms with Crippen LogP contribution >= 0.6 is 11.8 Å². The van der Waals surface area contributed by atoms with Gasteiger partial charge in [0, 0.05) is 17.6 Å². The van der Waals surface area contributed by atoms with Crippen molar-refractivity contribution in [2.45, 2.75) is 29.6 Å². The van der Waals surface area contributed by atoms with E-state index in [-0.39, 0.29) is 17.9 Å². The number of benzene rings is 1. The first-order chi connectivity index (χ1) is 9.31. The van der Waals surface area contributed by atoms with Crippen molar-refractivity contribution < 1.29 is 10.2 Å². The molecule has 0 radical (unpaired) electrons. The second kappa shape index (κ2) is 7.70.